The number of carbonyl (C=O) groups is 6. The number of carbonyl (C=O) groups excluding carboxylic acids is 6. The van der Waals surface area contributed by atoms with Gasteiger partial charge in [0.25, 0.3) is 0 Å². The number of hydrogen-bond acceptors (Lipinski definition) is 14. The van der Waals surface area contributed by atoms with Crippen LogP contribution in [0.4, 0.5) is 9.59 Å². The minimum Gasteiger partial charge on any atom is -0.463 e. The van der Waals surface area contributed by atoms with E-state index in [9.17, 15) is 28.8 Å². The lowest BCUT2D eigenvalue weighted by atomic mass is 10.1. The zero-order valence-corrected chi connectivity index (χ0v) is 28.5. The Bertz CT molecular complexity index is 1710. The summed E-state index contributed by atoms with van der Waals surface area (Å²) in [4.78, 5) is 71.4. The molecule has 0 aliphatic carbocycles. The lowest BCUT2D eigenvalue weighted by Gasteiger charge is -2.12. The molecule has 0 aliphatic heterocycles. The minimum atomic E-state index is -0.925. The highest BCUT2D eigenvalue weighted by atomic mass is 16.7. The second-order valence-electron chi connectivity index (χ2n) is 10.5. The van der Waals surface area contributed by atoms with Crippen molar-refractivity contribution in [1.82, 2.24) is 0 Å². The molecule has 274 valence electrons. The molecule has 0 fully saturated rings. The van der Waals surface area contributed by atoms with Crippen LogP contribution in [0.15, 0.2) is 92.0 Å². The SMILES string of the molecule is C=CC(=O)OCCCCOC(=O)Oc1ccc(C(=O)Oc2ccc(OC(=O)c3ccc(OC(=O)OCCCCOC(=O)C=C)cc3)c(CC)c2)cc1. The average Bonchev–Trinajstić information content (AvgIpc) is 3.15. The van der Waals surface area contributed by atoms with Gasteiger partial charge in [-0.2, -0.15) is 0 Å². The molecule has 0 amide bonds. The van der Waals surface area contributed by atoms with E-state index in [1.54, 1.807) is 6.07 Å². The Balaban J connectivity index is 1.43. The maximum absolute atomic E-state index is 12.8. The molecule has 3 rings (SSSR count). The fourth-order valence-electron chi connectivity index (χ4n) is 4.07. The summed E-state index contributed by atoms with van der Waals surface area (Å²) in [6.45, 7) is 8.93. The highest BCUT2D eigenvalue weighted by molar-refractivity contribution is 5.92. The number of aryl methyl sites for hydroxylation is 1. The summed E-state index contributed by atoms with van der Waals surface area (Å²) in [5.41, 5.74) is 0.977. The van der Waals surface area contributed by atoms with Crippen LogP contribution in [0.2, 0.25) is 0 Å². The number of esters is 4. The summed E-state index contributed by atoms with van der Waals surface area (Å²) in [6.07, 6.45) is 2.63. The number of rotatable bonds is 19. The fraction of sp³-hybridized carbons (Fsp3) is 0.263. The van der Waals surface area contributed by atoms with Crippen molar-refractivity contribution in [2.24, 2.45) is 0 Å². The van der Waals surface area contributed by atoms with Crippen molar-refractivity contribution in [2.45, 2.75) is 39.0 Å². The van der Waals surface area contributed by atoms with Gasteiger partial charge in [0, 0.05) is 12.2 Å². The van der Waals surface area contributed by atoms with E-state index in [1.807, 2.05) is 6.92 Å². The molecule has 14 heteroatoms. The van der Waals surface area contributed by atoms with E-state index in [-0.39, 0.29) is 60.6 Å². The van der Waals surface area contributed by atoms with E-state index in [1.165, 1.54) is 60.7 Å². The second-order valence-corrected chi connectivity index (χ2v) is 10.5. The van der Waals surface area contributed by atoms with Crippen molar-refractivity contribution in [3.8, 4) is 23.0 Å². The Kier molecular flexibility index (Phi) is 16.6. The second kappa shape index (κ2) is 21.6. The Morgan fingerprint density at radius 1 is 0.519 bits per heavy atom. The molecule has 0 aromatic heterocycles. The zero-order chi connectivity index (χ0) is 37.7. The van der Waals surface area contributed by atoms with Crippen molar-refractivity contribution in [3.05, 3.63) is 109 Å². The van der Waals surface area contributed by atoms with Crippen LogP contribution in [0.1, 0.15) is 58.9 Å². The summed E-state index contributed by atoms with van der Waals surface area (Å²) in [5.74, 6) is -1.60. The summed E-state index contributed by atoms with van der Waals surface area (Å²) >= 11 is 0. The first-order valence-electron chi connectivity index (χ1n) is 16.2. The van der Waals surface area contributed by atoms with Crippen LogP contribution in [0.5, 0.6) is 23.0 Å². The highest BCUT2D eigenvalue weighted by Crippen LogP contribution is 2.27. The predicted octanol–water partition coefficient (Wildman–Crippen LogP) is 6.74. The number of hydrogen-bond donors (Lipinski definition) is 0. The van der Waals surface area contributed by atoms with E-state index >= 15 is 0 Å². The number of unbranched alkanes of at least 4 members (excludes halogenated alkanes) is 2. The van der Waals surface area contributed by atoms with Gasteiger partial charge in [-0.15, -0.1) is 0 Å². The maximum Gasteiger partial charge on any atom is 0.513 e. The van der Waals surface area contributed by atoms with Crippen molar-refractivity contribution < 1.29 is 66.7 Å². The van der Waals surface area contributed by atoms with Crippen molar-refractivity contribution >= 4 is 36.2 Å². The third kappa shape index (κ3) is 14.2. The Morgan fingerprint density at radius 3 is 1.35 bits per heavy atom. The zero-order valence-electron chi connectivity index (χ0n) is 28.5. The molecule has 0 radical (unpaired) electrons. The molecule has 0 unspecified atom stereocenters. The highest BCUT2D eigenvalue weighted by Gasteiger charge is 2.16. The quantitative estimate of drug-likeness (QED) is 0.0318. The van der Waals surface area contributed by atoms with E-state index in [2.05, 4.69) is 13.2 Å². The van der Waals surface area contributed by atoms with Crippen molar-refractivity contribution in [3.63, 3.8) is 0 Å². The third-order valence-electron chi connectivity index (χ3n) is 6.75. The lowest BCUT2D eigenvalue weighted by Crippen LogP contribution is -2.13. The molecule has 3 aromatic rings. The molecule has 0 bridgehead atoms. The van der Waals surface area contributed by atoms with Crippen LogP contribution in [0, 0.1) is 0 Å². The molecule has 0 heterocycles. The molecule has 0 atom stereocenters. The molecule has 0 N–H and O–H groups in total. The molecule has 0 saturated carbocycles. The lowest BCUT2D eigenvalue weighted by molar-refractivity contribution is -0.138. The third-order valence-corrected chi connectivity index (χ3v) is 6.75. The molecule has 52 heavy (non-hydrogen) atoms. The van der Waals surface area contributed by atoms with Crippen LogP contribution >= 0.6 is 0 Å². The topological polar surface area (TPSA) is 176 Å². The molecule has 0 spiro atoms. The normalized spacial score (nSPS) is 10.2. The van der Waals surface area contributed by atoms with Gasteiger partial charge < -0.3 is 37.9 Å². The predicted molar refractivity (Wildman–Crippen MR) is 183 cm³/mol. The Hall–Kier alpha value is -6.44. The van der Waals surface area contributed by atoms with Gasteiger partial charge in [0.05, 0.1) is 37.6 Å². The Morgan fingerprint density at radius 2 is 0.923 bits per heavy atom. The van der Waals surface area contributed by atoms with E-state index in [4.69, 9.17) is 37.9 Å². The summed E-state index contributed by atoms with van der Waals surface area (Å²) in [5, 5.41) is 0. The van der Waals surface area contributed by atoms with Gasteiger partial charge in [0.2, 0.25) is 0 Å². The van der Waals surface area contributed by atoms with Gasteiger partial charge in [-0.25, -0.2) is 28.8 Å². The van der Waals surface area contributed by atoms with Crippen LogP contribution in [0.3, 0.4) is 0 Å². The summed E-state index contributed by atoms with van der Waals surface area (Å²) in [7, 11) is 0. The largest absolute Gasteiger partial charge is 0.513 e. The van der Waals surface area contributed by atoms with E-state index in [0.29, 0.717) is 37.7 Å². The molecular weight excluding hydrogens is 680 g/mol. The first-order valence-corrected chi connectivity index (χ1v) is 16.2. The van der Waals surface area contributed by atoms with Crippen molar-refractivity contribution in [1.29, 1.82) is 0 Å². The van der Waals surface area contributed by atoms with Gasteiger partial charge in [-0.05, 0) is 104 Å². The van der Waals surface area contributed by atoms with E-state index < -0.39 is 36.2 Å². The molecule has 3 aromatic carbocycles. The molecule has 14 nitrogen and oxygen atoms in total. The van der Waals surface area contributed by atoms with E-state index in [0.717, 1.165) is 12.2 Å². The maximum atomic E-state index is 12.8. The van der Waals surface area contributed by atoms with Gasteiger partial charge >= 0.3 is 36.2 Å². The standard InChI is InChI=1S/C38H38O14/c1-4-26-25-31(49-35(41)27-11-15-29(16-12-27)50-37(43)47-23-9-7-21-45-33(39)5-2)19-20-32(26)52-36(42)28-13-17-30(18-14-28)51-38(44)48-24-10-8-22-46-34(40)6-3/h5-6,11-20,25H,2-4,7-10,21-24H2,1H3. The molecular formula is C38H38O14. The average molecular weight is 719 g/mol. The number of benzene rings is 3. The van der Waals surface area contributed by atoms with Gasteiger partial charge in [0.15, 0.2) is 0 Å². The van der Waals surface area contributed by atoms with Crippen LogP contribution in [-0.4, -0.2) is 62.6 Å². The van der Waals surface area contributed by atoms with Gasteiger partial charge in [-0.1, -0.05) is 20.1 Å². The monoisotopic (exact) mass is 718 g/mol. The fourth-order valence-corrected chi connectivity index (χ4v) is 4.07. The minimum absolute atomic E-state index is 0.0669. The molecule has 0 saturated heterocycles. The van der Waals surface area contributed by atoms with Gasteiger partial charge in [0.1, 0.15) is 23.0 Å². The smallest absolute Gasteiger partial charge is 0.463 e. The van der Waals surface area contributed by atoms with Crippen LogP contribution < -0.4 is 18.9 Å². The summed E-state index contributed by atoms with van der Waals surface area (Å²) in [6, 6.07) is 15.9. The van der Waals surface area contributed by atoms with Gasteiger partial charge in [-0.3, -0.25) is 0 Å². The van der Waals surface area contributed by atoms with Crippen LogP contribution in [0.25, 0.3) is 0 Å². The first-order chi connectivity index (χ1) is 25.1. The first kappa shape index (κ1) is 40.0. The molecule has 0 aliphatic rings. The van der Waals surface area contributed by atoms with Crippen LogP contribution in [-0.2, 0) is 35.0 Å². The summed E-state index contributed by atoms with van der Waals surface area (Å²) < 4.78 is 40.9. The Labute approximate surface area is 299 Å². The van der Waals surface area contributed by atoms with Crippen molar-refractivity contribution in [2.75, 3.05) is 26.4 Å². The number of ether oxygens (including phenoxy) is 8.